The Balaban J connectivity index is 1.68. The van der Waals surface area contributed by atoms with E-state index in [0.29, 0.717) is 12.1 Å². The largest absolute Gasteiger partial charge is 0.384 e. The molecule has 2 aliphatic rings. The number of nitrogens with one attached hydrogen (secondary N) is 2. The lowest BCUT2D eigenvalue weighted by molar-refractivity contribution is -0.121. The Bertz CT molecular complexity index is 533. The molecule has 0 radical (unpaired) electrons. The lowest BCUT2D eigenvalue weighted by atomic mass is 10.1. The highest BCUT2D eigenvalue weighted by Gasteiger charge is 2.34. The van der Waals surface area contributed by atoms with Gasteiger partial charge in [-0.3, -0.25) is 9.69 Å². The van der Waals surface area contributed by atoms with Gasteiger partial charge in [-0.2, -0.15) is 0 Å². The molecule has 1 aromatic carbocycles. The quantitative estimate of drug-likeness (QED) is 0.898. The van der Waals surface area contributed by atoms with Gasteiger partial charge in [-0.1, -0.05) is 0 Å². The molecule has 1 fully saturated rings. The van der Waals surface area contributed by atoms with Crippen LogP contribution in [0.15, 0.2) is 18.2 Å². The number of hydrogen-bond acceptors (Lipinski definition) is 3. The summed E-state index contributed by atoms with van der Waals surface area (Å²) in [5.41, 5.74) is 3.40. The van der Waals surface area contributed by atoms with Crippen molar-refractivity contribution in [2.24, 2.45) is 0 Å². The molecule has 0 spiro atoms. The van der Waals surface area contributed by atoms with Gasteiger partial charge in [-0.15, -0.1) is 0 Å². The van der Waals surface area contributed by atoms with E-state index in [1.807, 2.05) is 13.0 Å². The van der Waals surface area contributed by atoms with E-state index in [-0.39, 0.29) is 11.9 Å². The van der Waals surface area contributed by atoms with Gasteiger partial charge >= 0.3 is 0 Å². The van der Waals surface area contributed by atoms with Crippen molar-refractivity contribution in [3.05, 3.63) is 23.8 Å². The lowest BCUT2D eigenvalue weighted by Gasteiger charge is -2.31. The number of amides is 1. The summed E-state index contributed by atoms with van der Waals surface area (Å²) in [6.45, 7) is 7.44. The number of anilines is 2. The third-order valence-electron chi connectivity index (χ3n) is 4.93. The number of fused-ring (bicyclic) bond motifs is 1. The number of hydrogen-bond donors (Lipinski definition) is 2. The van der Waals surface area contributed by atoms with Gasteiger partial charge in [0, 0.05) is 30.0 Å². The zero-order chi connectivity index (χ0) is 15.0. The van der Waals surface area contributed by atoms with Crippen LogP contribution in [0.4, 0.5) is 11.4 Å². The molecule has 3 rings (SSSR count). The summed E-state index contributed by atoms with van der Waals surface area (Å²) < 4.78 is 0. The summed E-state index contributed by atoms with van der Waals surface area (Å²) in [7, 11) is 0. The molecular weight excluding hydrogens is 262 g/mol. The van der Waals surface area contributed by atoms with Crippen molar-refractivity contribution in [1.29, 1.82) is 0 Å². The maximum absolute atomic E-state index is 12.5. The molecule has 3 atom stereocenters. The summed E-state index contributed by atoms with van der Waals surface area (Å²) in [4.78, 5) is 14.9. The van der Waals surface area contributed by atoms with E-state index in [1.165, 1.54) is 24.1 Å². The fourth-order valence-corrected chi connectivity index (χ4v) is 3.74. The second-order valence-corrected chi connectivity index (χ2v) is 6.44. The van der Waals surface area contributed by atoms with E-state index in [0.717, 1.165) is 18.7 Å². The van der Waals surface area contributed by atoms with Crippen LogP contribution < -0.4 is 10.6 Å². The van der Waals surface area contributed by atoms with E-state index < -0.39 is 0 Å². The first kappa shape index (κ1) is 14.4. The van der Waals surface area contributed by atoms with Crippen molar-refractivity contribution in [1.82, 2.24) is 4.90 Å². The Morgan fingerprint density at radius 2 is 2.05 bits per heavy atom. The zero-order valence-corrected chi connectivity index (χ0v) is 13.1. The van der Waals surface area contributed by atoms with Crippen molar-refractivity contribution in [3.63, 3.8) is 0 Å². The van der Waals surface area contributed by atoms with Crippen LogP contribution in [0.25, 0.3) is 0 Å². The molecule has 0 bridgehead atoms. The summed E-state index contributed by atoms with van der Waals surface area (Å²) in [6.07, 6.45) is 3.40. The number of likely N-dealkylation sites (tertiary alicyclic amines) is 1. The molecule has 2 heterocycles. The van der Waals surface area contributed by atoms with Gasteiger partial charge in [0.15, 0.2) is 0 Å². The van der Waals surface area contributed by atoms with Gasteiger partial charge in [0.2, 0.25) is 5.91 Å². The molecule has 2 aliphatic heterocycles. The first-order valence-corrected chi connectivity index (χ1v) is 8.01. The van der Waals surface area contributed by atoms with Crippen LogP contribution in [-0.4, -0.2) is 35.5 Å². The molecule has 0 aromatic heterocycles. The number of benzene rings is 1. The molecule has 4 nitrogen and oxygen atoms in total. The third-order valence-corrected chi connectivity index (χ3v) is 4.93. The van der Waals surface area contributed by atoms with Gasteiger partial charge < -0.3 is 10.6 Å². The van der Waals surface area contributed by atoms with Crippen molar-refractivity contribution >= 4 is 17.3 Å². The van der Waals surface area contributed by atoms with Crippen LogP contribution in [0.3, 0.4) is 0 Å². The Labute approximate surface area is 126 Å². The fourth-order valence-electron chi connectivity index (χ4n) is 3.74. The predicted molar refractivity (Wildman–Crippen MR) is 86.7 cm³/mol. The van der Waals surface area contributed by atoms with Gasteiger partial charge in [-0.25, -0.2) is 0 Å². The smallest absolute Gasteiger partial charge is 0.241 e. The maximum Gasteiger partial charge on any atom is 0.241 e. The Kier molecular flexibility index (Phi) is 3.89. The standard InChI is InChI=1S/C17H25N3O/c1-11-4-5-12(2)20(11)13(3)17(21)19-15-6-7-16-14(10-15)8-9-18-16/h6-7,10-13,18H,4-5,8-9H2,1-3H3,(H,19,21). The van der Waals surface area contributed by atoms with Gasteiger partial charge in [0.05, 0.1) is 6.04 Å². The molecule has 4 heteroatoms. The van der Waals surface area contributed by atoms with E-state index in [4.69, 9.17) is 0 Å². The van der Waals surface area contributed by atoms with Crippen molar-refractivity contribution in [2.45, 2.75) is 58.2 Å². The van der Waals surface area contributed by atoms with Crippen LogP contribution in [-0.2, 0) is 11.2 Å². The molecule has 3 unspecified atom stereocenters. The Morgan fingerprint density at radius 1 is 1.33 bits per heavy atom. The Hall–Kier alpha value is -1.55. The van der Waals surface area contributed by atoms with Crippen LogP contribution in [0.2, 0.25) is 0 Å². The van der Waals surface area contributed by atoms with Crippen molar-refractivity contribution in [3.8, 4) is 0 Å². The summed E-state index contributed by atoms with van der Waals surface area (Å²) in [6, 6.07) is 7.04. The van der Waals surface area contributed by atoms with Gasteiger partial charge in [0.1, 0.15) is 0 Å². The van der Waals surface area contributed by atoms with Crippen LogP contribution in [0.1, 0.15) is 39.2 Å². The average molecular weight is 287 g/mol. The zero-order valence-electron chi connectivity index (χ0n) is 13.1. The predicted octanol–water partition coefficient (Wildman–Crippen LogP) is 2.85. The molecule has 21 heavy (non-hydrogen) atoms. The average Bonchev–Trinajstić information content (AvgIpc) is 3.04. The van der Waals surface area contributed by atoms with Gasteiger partial charge in [-0.05, 0) is 63.8 Å². The fraction of sp³-hybridized carbons (Fsp3) is 0.588. The molecule has 1 saturated heterocycles. The first-order chi connectivity index (χ1) is 10.1. The summed E-state index contributed by atoms with van der Waals surface area (Å²) >= 11 is 0. The van der Waals surface area contributed by atoms with E-state index in [1.54, 1.807) is 0 Å². The first-order valence-electron chi connectivity index (χ1n) is 8.01. The highest BCUT2D eigenvalue weighted by molar-refractivity contribution is 5.95. The lowest BCUT2D eigenvalue weighted by Crippen LogP contribution is -2.46. The summed E-state index contributed by atoms with van der Waals surface area (Å²) in [5.74, 6) is 0.0986. The minimum atomic E-state index is -0.0797. The SMILES string of the molecule is CC1CCC(C)N1C(C)C(=O)Nc1ccc2c(c1)CCN2. The van der Waals surface area contributed by atoms with E-state index in [2.05, 4.69) is 41.5 Å². The molecule has 0 saturated carbocycles. The topological polar surface area (TPSA) is 44.4 Å². The van der Waals surface area contributed by atoms with Crippen molar-refractivity contribution in [2.75, 3.05) is 17.2 Å². The van der Waals surface area contributed by atoms with E-state index >= 15 is 0 Å². The number of nitrogens with zero attached hydrogens (tertiary/aromatic N) is 1. The number of carbonyl (C=O) groups excluding carboxylic acids is 1. The highest BCUT2D eigenvalue weighted by Crippen LogP contribution is 2.28. The molecule has 1 aromatic rings. The molecular formula is C17H25N3O. The summed E-state index contributed by atoms with van der Waals surface area (Å²) in [5, 5.41) is 6.42. The van der Waals surface area contributed by atoms with Crippen LogP contribution in [0.5, 0.6) is 0 Å². The second kappa shape index (κ2) is 5.68. The molecule has 0 aliphatic carbocycles. The van der Waals surface area contributed by atoms with Crippen LogP contribution in [0, 0.1) is 0 Å². The normalized spacial score (nSPS) is 26.2. The van der Waals surface area contributed by atoms with Crippen molar-refractivity contribution < 1.29 is 4.79 Å². The molecule has 1 amide bonds. The number of rotatable bonds is 3. The molecule has 114 valence electrons. The van der Waals surface area contributed by atoms with E-state index in [9.17, 15) is 4.79 Å². The molecule has 2 N–H and O–H groups in total. The third kappa shape index (κ3) is 2.77. The van der Waals surface area contributed by atoms with Gasteiger partial charge in [0.25, 0.3) is 0 Å². The second-order valence-electron chi connectivity index (χ2n) is 6.44. The maximum atomic E-state index is 12.5. The monoisotopic (exact) mass is 287 g/mol. The Morgan fingerprint density at radius 3 is 2.76 bits per heavy atom. The minimum absolute atomic E-state index is 0.0797. The van der Waals surface area contributed by atoms with Crippen LogP contribution >= 0.6 is 0 Å². The highest BCUT2D eigenvalue weighted by atomic mass is 16.2. The number of carbonyl (C=O) groups is 1. The minimum Gasteiger partial charge on any atom is -0.384 e.